The third-order valence-electron chi connectivity index (χ3n) is 3.00. The SMILES string of the molecule is CN(CCc1ccccn1)S(=O)(=O)c1ccc(N)cc1. The van der Waals surface area contributed by atoms with Crippen LogP contribution in [-0.4, -0.2) is 31.3 Å². The highest BCUT2D eigenvalue weighted by Gasteiger charge is 2.20. The molecule has 2 aromatic rings. The summed E-state index contributed by atoms with van der Waals surface area (Å²) in [6, 6.07) is 11.8. The number of likely N-dealkylation sites (N-methyl/N-ethyl adjacent to an activating group) is 1. The fourth-order valence-corrected chi connectivity index (χ4v) is 2.93. The number of rotatable bonds is 5. The van der Waals surface area contributed by atoms with Crippen LogP contribution in [0.25, 0.3) is 0 Å². The van der Waals surface area contributed by atoms with Gasteiger partial charge in [0.05, 0.1) is 4.90 Å². The summed E-state index contributed by atoms with van der Waals surface area (Å²) in [6.07, 6.45) is 2.27. The highest BCUT2D eigenvalue weighted by Crippen LogP contribution is 2.16. The molecule has 2 N–H and O–H groups in total. The molecular weight excluding hydrogens is 274 g/mol. The van der Waals surface area contributed by atoms with Crippen molar-refractivity contribution < 1.29 is 8.42 Å². The first-order valence-corrected chi connectivity index (χ1v) is 7.66. The van der Waals surface area contributed by atoms with Crippen molar-refractivity contribution >= 4 is 15.7 Å². The molecule has 0 spiro atoms. The zero-order valence-corrected chi connectivity index (χ0v) is 12.0. The molecule has 0 aliphatic rings. The molecular formula is C14H17N3O2S. The minimum Gasteiger partial charge on any atom is -0.399 e. The summed E-state index contributed by atoms with van der Waals surface area (Å²) in [6.45, 7) is 0.379. The molecule has 106 valence electrons. The molecule has 5 nitrogen and oxygen atoms in total. The van der Waals surface area contributed by atoms with Gasteiger partial charge in [-0.1, -0.05) is 6.07 Å². The maximum absolute atomic E-state index is 12.3. The van der Waals surface area contributed by atoms with Gasteiger partial charge in [-0.25, -0.2) is 12.7 Å². The predicted octanol–water partition coefficient (Wildman–Crippen LogP) is 1.53. The van der Waals surface area contributed by atoms with Crippen molar-refractivity contribution in [3.8, 4) is 0 Å². The quantitative estimate of drug-likeness (QED) is 0.848. The van der Waals surface area contributed by atoms with Gasteiger partial charge in [0.25, 0.3) is 0 Å². The van der Waals surface area contributed by atoms with E-state index in [1.165, 1.54) is 16.4 Å². The van der Waals surface area contributed by atoms with E-state index in [0.717, 1.165) is 5.69 Å². The lowest BCUT2D eigenvalue weighted by atomic mass is 10.3. The van der Waals surface area contributed by atoms with Crippen LogP contribution >= 0.6 is 0 Å². The van der Waals surface area contributed by atoms with E-state index >= 15 is 0 Å². The maximum atomic E-state index is 12.3. The number of pyridine rings is 1. The fraction of sp³-hybridized carbons (Fsp3) is 0.214. The molecule has 0 atom stereocenters. The van der Waals surface area contributed by atoms with Gasteiger partial charge in [0.15, 0.2) is 0 Å². The number of nitrogen functional groups attached to an aromatic ring is 1. The second kappa shape index (κ2) is 6.02. The largest absolute Gasteiger partial charge is 0.399 e. The molecule has 1 aromatic carbocycles. The zero-order valence-electron chi connectivity index (χ0n) is 11.2. The van der Waals surface area contributed by atoms with Crippen LogP contribution in [-0.2, 0) is 16.4 Å². The van der Waals surface area contributed by atoms with E-state index < -0.39 is 10.0 Å². The summed E-state index contributed by atoms with van der Waals surface area (Å²) in [5, 5.41) is 0. The van der Waals surface area contributed by atoms with Gasteiger partial charge in [-0.3, -0.25) is 4.98 Å². The average Bonchev–Trinajstić information content (AvgIpc) is 2.46. The normalized spacial score (nSPS) is 11.7. The van der Waals surface area contributed by atoms with E-state index in [4.69, 9.17) is 5.73 Å². The summed E-state index contributed by atoms with van der Waals surface area (Å²) in [5.74, 6) is 0. The highest BCUT2D eigenvalue weighted by molar-refractivity contribution is 7.89. The molecule has 0 aliphatic carbocycles. The number of nitrogens with two attached hydrogens (primary N) is 1. The number of aromatic nitrogens is 1. The highest BCUT2D eigenvalue weighted by atomic mass is 32.2. The van der Waals surface area contributed by atoms with Gasteiger partial charge in [0, 0.05) is 37.6 Å². The smallest absolute Gasteiger partial charge is 0.242 e. The fourth-order valence-electron chi connectivity index (χ4n) is 1.76. The van der Waals surface area contributed by atoms with Crippen molar-refractivity contribution in [2.24, 2.45) is 0 Å². The van der Waals surface area contributed by atoms with Crippen LogP contribution in [0.5, 0.6) is 0 Å². The second-order valence-electron chi connectivity index (χ2n) is 4.47. The molecule has 2 rings (SSSR count). The number of benzene rings is 1. The van der Waals surface area contributed by atoms with E-state index in [0.29, 0.717) is 18.7 Å². The Morgan fingerprint density at radius 3 is 2.45 bits per heavy atom. The lowest BCUT2D eigenvalue weighted by Gasteiger charge is -2.17. The third kappa shape index (κ3) is 3.34. The first-order valence-electron chi connectivity index (χ1n) is 6.22. The number of anilines is 1. The standard InChI is InChI=1S/C14H17N3O2S/c1-17(11-9-13-4-2-3-10-16-13)20(18,19)14-7-5-12(15)6-8-14/h2-8,10H,9,11,15H2,1H3. The summed E-state index contributed by atoms with van der Waals surface area (Å²) in [5.41, 5.74) is 6.97. The minimum atomic E-state index is -3.48. The van der Waals surface area contributed by atoms with Gasteiger partial charge in [-0.15, -0.1) is 0 Å². The molecule has 0 unspecified atom stereocenters. The van der Waals surface area contributed by atoms with Gasteiger partial charge in [-0.2, -0.15) is 0 Å². The molecule has 0 bridgehead atoms. The Balaban J connectivity index is 2.08. The first-order chi connectivity index (χ1) is 9.50. The van der Waals surface area contributed by atoms with Crippen molar-refractivity contribution in [3.05, 3.63) is 54.4 Å². The average molecular weight is 291 g/mol. The van der Waals surface area contributed by atoms with Gasteiger partial charge in [0.1, 0.15) is 0 Å². The van der Waals surface area contributed by atoms with E-state index in [1.54, 1.807) is 25.4 Å². The third-order valence-corrected chi connectivity index (χ3v) is 4.87. The van der Waals surface area contributed by atoms with Gasteiger partial charge in [-0.05, 0) is 36.4 Å². The van der Waals surface area contributed by atoms with Crippen molar-refractivity contribution in [1.82, 2.24) is 9.29 Å². The first kappa shape index (κ1) is 14.5. The Hall–Kier alpha value is -1.92. The van der Waals surface area contributed by atoms with Crippen LogP contribution < -0.4 is 5.73 Å². The number of nitrogens with zero attached hydrogens (tertiary/aromatic N) is 2. The molecule has 6 heteroatoms. The topological polar surface area (TPSA) is 76.3 Å². The Kier molecular flexibility index (Phi) is 4.36. The Bertz CT molecular complexity index is 655. The van der Waals surface area contributed by atoms with Gasteiger partial charge in [0.2, 0.25) is 10.0 Å². The molecule has 0 saturated heterocycles. The van der Waals surface area contributed by atoms with E-state index in [2.05, 4.69) is 4.98 Å². The molecule has 1 aromatic heterocycles. The number of sulfonamides is 1. The van der Waals surface area contributed by atoms with Crippen LogP contribution in [0.2, 0.25) is 0 Å². The number of hydrogen-bond donors (Lipinski definition) is 1. The van der Waals surface area contributed by atoms with E-state index in [1.807, 2.05) is 18.2 Å². The second-order valence-corrected chi connectivity index (χ2v) is 6.51. The Morgan fingerprint density at radius 1 is 1.15 bits per heavy atom. The van der Waals surface area contributed by atoms with E-state index in [9.17, 15) is 8.42 Å². The van der Waals surface area contributed by atoms with Crippen LogP contribution in [0.15, 0.2) is 53.6 Å². The van der Waals surface area contributed by atoms with E-state index in [-0.39, 0.29) is 4.90 Å². The minimum absolute atomic E-state index is 0.246. The Labute approximate surface area is 119 Å². The molecule has 0 fully saturated rings. The lowest BCUT2D eigenvalue weighted by Crippen LogP contribution is -2.29. The van der Waals surface area contributed by atoms with Crippen molar-refractivity contribution in [3.63, 3.8) is 0 Å². The van der Waals surface area contributed by atoms with Crippen LogP contribution in [0.1, 0.15) is 5.69 Å². The molecule has 0 amide bonds. The van der Waals surface area contributed by atoms with Crippen molar-refractivity contribution in [2.45, 2.75) is 11.3 Å². The summed E-state index contributed by atoms with van der Waals surface area (Å²) >= 11 is 0. The molecule has 0 radical (unpaired) electrons. The molecule has 1 heterocycles. The summed E-state index contributed by atoms with van der Waals surface area (Å²) in [7, 11) is -1.91. The van der Waals surface area contributed by atoms with Crippen LogP contribution in [0.4, 0.5) is 5.69 Å². The summed E-state index contributed by atoms with van der Waals surface area (Å²) in [4.78, 5) is 4.42. The van der Waals surface area contributed by atoms with Crippen molar-refractivity contribution in [2.75, 3.05) is 19.3 Å². The molecule has 0 saturated carbocycles. The van der Waals surface area contributed by atoms with Crippen LogP contribution in [0, 0.1) is 0 Å². The summed E-state index contributed by atoms with van der Waals surface area (Å²) < 4.78 is 26.0. The lowest BCUT2D eigenvalue weighted by molar-refractivity contribution is 0.471. The molecule has 0 aliphatic heterocycles. The predicted molar refractivity (Wildman–Crippen MR) is 78.6 cm³/mol. The number of hydrogen-bond acceptors (Lipinski definition) is 4. The van der Waals surface area contributed by atoms with Gasteiger partial charge >= 0.3 is 0 Å². The maximum Gasteiger partial charge on any atom is 0.242 e. The van der Waals surface area contributed by atoms with Crippen LogP contribution in [0.3, 0.4) is 0 Å². The molecule has 20 heavy (non-hydrogen) atoms. The monoisotopic (exact) mass is 291 g/mol. The zero-order chi connectivity index (χ0) is 14.6. The van der Waals surface area contributed by atoms with Gasteiger partial charge < -0.3 is 5.73 Å². The van der Waals surface area contributed by atoms with Crippen molar-refractivity contribution in [1.29, 1.82) is 0 Å². The Morgan fingerprint density at radius 2 is 1.85 bits per heavy atom.